The molecule has 5 nitrogen and oxygen atoms in total. The van der Waals surface area contributed by atoms with E-state index in [0.29, 0.717) is 11.1 Å². The maximum Gasteiger partial charge on any atom is 0.573 e. The molecule has 1 aliphatic carbocycles. The lowest BCUT2D eigenvalue weighted by molar-refractivity contribution is -0.274. The van der Waals surface area contributed by atoms with Crippen molar-refractivity contribution in [2.24, 2.45) is 0 Å². The van der Waals surface area contributed by atoms with Gasteiger partial charge < -0.3 is 15.4 Å². The summed E-state index contributed by atoms with van der Waals surface area (Å²) in [6.07, 6.45) is -1.64. The Balaban J connectivity index is 1.79. The van der Waals surface area contributed by atoms with Crippen LogP contribution >= 0.6 is 0 Å². The normalized spacial score (nSPS) is 14.3. The van der Waals surface area contributed by atoms with Crippen LogP contribution in [0.3, 0.4) is 0 Å². The first-order valence-corrected chi connectivity index (χ1v) is 8.55. The topological polar surface area (TPSA) is 67.4 Å². The summed E-state index contributed by atoms with van der Waals surface area (Å²) in [5.74, 6) is -1.29. The second kappa shape index (κ2) is 8.16. The number of carbonyl (C=O) groups excluding carboxylic acids is 2. The Hall–Kier alpha value is -3.29. The molecule has 1 saturated carbocycles. The lowest BCUT2D eigenvalue weighted by atomic mass is 10.1. The number of halogens is 3. The molecule has 146 valence electrons. The number of rotatable bonds is 6. The summed E-state index contributed by atoms with van der Waals surface area (Å²) in [6.45, 7) is 0. The van der Waals surface area contributed by atoms with Crippen molar-refractivity contribution in [3.63, 3.8) is 0 Å². The average Bonchev–Trinajstić information content (AvgIpc) is 3.46. The van der Waals surface area contributed by atoms with Crippen molar-refractivity contribution in [1.29, 1.82) is 0 Å². The molecule has 2 aromatic carbocycles. The maximum absolute atomic E-state index is 12.5. The molecule has 8 heteroatoms. The monoisotopic (exact) mass is 390 g/mol. The van der Waals surface area contributed by atoms with E-state index in [4.69, 9.17) is 0 Å². The second-order valence-corrected chi connectivity index (χ2v) is 6.24. The van der Waals surface area contributed by atoms with Crippen LogP contribution in [0.15, 0.2) is 60.3 Å². The Morgan fingerprint density at radius 1 is 1.00 bits per heavy atom. The molecule has 0 aliphatic heterocycles. The quantitative estimate of drug-likeness (QED) is 0.740. The third-order valence-corrected chi connectivity index (χ3v) is 3.87. The first-order chi connectivity index (χ1) is 13.3. The second-order valence-electron chi connectivity index (χ2n) is 6.24. The minimum atomic E-state index is -4.78. The number of hydrogen-bond acceptors (Lipinski definition) is 3. The van der Waals surface area contributed by atoms with Crippen molar-refractivity contribution in [2.75, 3.05) is 0 Å². The van der Waals surface area contributed by atoms with E-state index < -0.39 is 18.2 Å². The van der Waals surface area contributed by atoms with Gasteiger partial charge in [-0.15, -0.1) is 13.2 Å². The van der Waals surface area contributed by atoms with Gasteiger partial charge in [0.2, 0.25) is 0 Å². The molecule has 1 aliphatic rings. The van der Waals surface area contributed by atoms with E-state index in [2.05, 4.69) is 15.4 Å². The van der Waals surface area contributed by atoms with E-state index in [1.807, 2.05) is 0 Å². The highest BCUT2D eigenvalue weighted by Crippen LogP contribution is 2.23. The van der Waals surface area contributed by atoms with Crippen molar-refractivity contribution < 1.29 is 27.5 Å². The third-order valence-electron chi connectivity index (χ3n) is 3.87. The fourth-order valence-corrected chi connectivity index (χ4v) is 2.37. The van der Waals surface area contributed by atoms with Crippen molar-refractivity contribution in [2.45, 2.75) is 25.2 Å². The Bertz CT molecular complexity index is 874. The van der Waals surface area contributed by atoms with Crippen LogP contribution in [-0.4, -0.2) is 24.2 Å². The summed E-state index contributed by atoms with van der Waals surface area (Å²) in [5.41, 5.74) is 0.815. The predicted octanol–water partition coefficient (Wildman–Crippen LogP) is 3.63. The molecule has 2 aromatic rings. The first-order valence-electron chi connectivity index (χ1n) is 8.55. The molecule has 0 radical (unpaired) electrons. The zero-order chi connectivity index (χ0) is 20.1. The van der Waals surface area contributed by atoms with Gasteiger partial charge in [-0.25, -0.2) is 0 Å². The van der Waals surface area contributed by atoms with Gasteiger partial charge in [-0.3, -0.25) is 9.59 Å². The number of hydrogen-bond donors (Lipinski definition) is 2. The molecule has 0 saturated heterocycles. The van der Waals surface area contributed by atoms with E-state index in [1.54, 1.807) is 30.3 Å². The number of carbonyl (C=O) groups is 2. The van der Waals surface area contributed by atoms with E-state index in [1.165, 1.54) is 18.2 Å². The zero-order valence-corrected chi connectivity index (χ0v) is 14.6. The lowest BCUT2D eigenvalue weighted by Crippen LogP contribution is -2.35. The van der Waals surface area contributed by atoms with Crippen LogP contribution in [0.1, 0.15) is 28.8 Å². The smallest absolute Gasteiger partial charge is 0.406 e. The van der Waals surface area contributed by atoms with Crippen LogP contribution < -0.4 is 15.4 Å². The molecule has 0 spiro atoms. The Morgan fingerprint density at radius 3 is 2.21 bits per heavy atom. The molecule has 0 bridgehead atoms. The van der Waals surface area contributed by atoms with E-state index >= 15 is 0 Å². The fraction of sp³-hybridized carbons (Fsp3) is 0.200. The molecule has 2 N–H and O–H groups in total. The first kappa shape index (κ1) is 19.5. The van der Waals surface area contributed by atoms with Crippen LogP contribution in [0.2, 0.25) is 0 Å². The van der Waals surface area contributed by atoms with Gasteiger partial charge in [-0.2, -0.15) is 0 Å². The van der Waals surface area contributed by atoms with Crippen LogP contribution in [0.5, 0.6) is 5.75 Å². The van der Waals surface area contributed by atoms with Crippen molar-refractivity contribution in [3.05, 3.63) is 71.4 Å². The molecule has 0 unspecified atom stereocenters. The minimum absolute atomic E-state index is 0.00485. The Morgan fingerprint density at radius 2 is 1.64 bits per heavy atom. The SMILES string of the molecule is O=C(NC1CC1)C(=Cc1ccc(OC(F)(F)F)cc1)NC(=O)c1ccccc1. The molecule has 28 heavy (non-hydrogen) atoms. The lowest BCUT2D eigenvalue weighted by Gasteiger charge is -2.11. The van der Waals surface area contributed by atoms with Gasteiger partial charge in [-0.05, 0) is 48.7 Å². The Labute approximate surface area is 159 Å². The maximum atomic E-state index is 12.5. The molecular weight excluding hydrogens is 373 g/mol. The fourth-order valence-electron chi connectivity index (χ4n) is 2.37. The Kier molecular flexibility index (Phi) is 5.67. The summed E-state index contributed by atoms with van der Waals surface area (Å²) in [4.78, 5) is 24.8. The standard InChI is InChI=1S/C20H17F3N2O3/c21-20(22,23)28-16-10-6-13(7-11-16)12-17(19(27)24-15-8-9-15)25-18(26)14-4-2-1-3-5-14/h1-7,10-12,15H,8-9H2,(H,24,27)(H,25,26). The van der Waals surface area contributed by atoms with E-state index in [9.17, 15) is 22.8 Å². The average molecular weight is 390 g/mol. The number of ether oxygens (including phenoxy) is 1. The molecule has 0 aromatic heterocycles. The molecule has 2 amide bonds. The van der Waals surface area contributed by atoms with Crippen molar-refractivity contribution >= 4 is 17.9 Å². The molecule has 3 rings (SSSR count). The highest BCUT2D eigenvalue weighted by Gasteiger charge is 2.31. The number of nitrogens with one attached hydrogen (secondary N) is 2. The molecular formula is C20H17F3N2O3. The third kappa shape index (κ3) is 5.87. The summed E-state index contributed by atoms with van der Waals surface area (Å²) >= 11 is 0. The number of benzene rings is 2. The van der Waals surface area contributed by atoms with Gasteiger partial charge >= 0.3 is 6.36 Å². The van der Waals surface area contributed by atoms with Crippen LogP contribution in [-0.2, 0) is 4.79 Å². The van der Waals surface area contributed by atoms with Crippen LogP contribution in [0.4, 0.5) is 13.2 Å². The molecule has 0 heterocycles. The van der Waals surface area contributed by atoms with E-state index in [0.717, 1.165) is 25.0 Å². The van der Waals surface area contributed by atoms with Gasteiger partial charge in [0.1, 0.15) is 11.4 Å². The van der Waals surface area contributed by atoms with Crippen molar-refractivity contribution in [3.8, 4) is 5.75 Å². The van der Waals surface area contributed by atoms with Gasteiger partial charge in [0.05, 0.1) is 0 Å². The zero-order valence-electron chi connectivity index (χ0n) is 14.6. The summed E-state index contributed by atoms with van der Waals surface area (Å²) < 4.78 is 40.6. The van der Waals surface area contributed by atoms with Gasteiger partial charge in [0.25, 0.3) is 11.8 Å². The van der Waals surface area contributed by atoms with Gasteiger partial charge in [-0.1, -0.05) is 30.3 Å². The molecule has 0 atom stereocenters. The van der Waals surface area contributed by atoms with Gasteiger partial charge in [0, 0.05) is 11.6 Å². The minimum Gasteiger partial charge on any atom is -0.406 e. The summed E-state index contributed by atoms with van der Waals surface area (Å²) in [7, 11) is 0. The van der Waals surface area contributed by atoms with Crippen molar-refractivity contribution in [1.82, 2.24) is 10.6 Å². The summed E-state index contributed by atoms with van der Waals surface area (Å²) in [6, 6.07) is 13.4. The van der Waals surface area contributed by atoms with Crippen LogP contribution in [0, 0.1) is 0 Å². The van der Waals surface area contributed by atoms with Crippen LogP contribution in [0.25, 0.3) is 6.08 Å². The largest absolute Gasteiger partial charge is 0.573 e. The van der Waals surface area contributed by atoms with E-state index in [-0.39, 0.29) is 17.5 Å². The highest BCUT2D eigenvalue weighted by atomic mass is 19.4. The number of alkyl halides is 3. The highest BCUT2D eigenvalue weighted by molar-refractivity contribution is 6.05. The molecule has 1 fully saturated rings. The number of amides is 2. The predicted molar refractivity (Wildman–Crippen MR) is 96.2 cm³/mol. The van der Waals surface area contributed by atoms with Gasteiger partial charge in [0.15, 0.2) is 0 Å². The summed E-state index contributed by atoms with van der Waals surface area (Å²) in [5, 5.41) is 5.34.